The highest BCUT2D eigenvalue weighted by molar-refractivity contribution is 6.34. The number of anilines is 1. The zero-order valence-corrected chi connectivity index (χ0v) is 25.6. The van der Waals surface area contributed by atoms with E-state index in [2.05, 4.69) is 16.8 Å². The average Bonchev–Trinajstić information content (AvgIpc) is 2.97. The number of amides is 1. The molecule has 5 rings (SSSR count). The van der Waals surface area contributed by atoms with Crippen molar-refractivity contribution in [2.75, 3.05) is 45.2 Å². The molecular formula is C32H33Cl2FN4O3. The first-order valence-corrected chi connectivity index (χ1v) is 14.6. The summed E-state index contributed by atoms with van der Waals surface area (Å²) in [6, 6.07) is 13.2. The fraction of sp³-hybridized carbons (Fsp3) is 0.312. The van der Waals surface area contributed by atoms with Crippen molar-refractivity contribution in [1.29, 1.82) is 0 Å². The molecule has 4 aromatic rings. The third kappa shape index (κ3) is 6.11. The van der Waals surface area contributed by atoms with Crippen LogP contribution in [-0.2, 0) is 13.1 Å². The molecule has 1 aliphatic heterocycles. The Balaban J connectivity index is 1.45. The van der Waals surface area contributed by atoms with Gasteiger partial charge in [0.25, 0.3) is 5.91 Å². The molecule has 7 nitrogen and oxygen atoms in total. The summed E-state index contributed by atoms with van der Waals surface area (Å²) >= 11 is 13.0. The summed E-state index contributed by atoms with van der Waals surface area (Å²) in [5.41, 5.74) is 2.44. The number of hydrogen-bond donors (Lipinski definition) is 0. The molecular weight excluding hydrogens is 578 g/mol. The lowest BCUT2D eigenvalue weighted by atomic mass is 10.1. The number of halogens is 3. The van der Waals surface area contributed by atoms with Crippen molar-refractivity contribution in [2.45, 2.75) is 26.9 Å². The molecule has 0 N–H and O–H groups in total. The van der Waals surface area contributed by atoms with Crippen molar-refractivity contribution in [1.82, 2.24) is 14.4 Å². The highest BCUT2D eigenvalue weighted by atomic mass is 35.5. The third-order valence-corrected chi connectivity index (χ3v) is 8.24. The summed E-state index contributed by atoms with van der Waals surface area (Å²) in [5, 5.41) is 1.35. The highest BCUT2D eigenvalue weighted by Crippen LogP contribution is 2.32. The Morgan fingerprint density at radius 2 is 1.79 bits per heavy atom. The average molecular weight is 612 g/mol. The van der Waals surface area contributed by atoms with Crippen molar-refractivity contribution in [2.24, 2.45) is 0 Å². The fourth-order valence-corrected chi connectivity index (χ4v) is 5.64. The lowest BCUT2D eigenvalue weighted by molar-refractivity contribution is 0.0782. The van der Waals surface area contributed by atoms with Gasteiger partial charge in [0.2, 0.25) is 5.43 Å². The topological polar surface area (TPSA) is 58.0 Å². The number of carbonyl (C=O) groups excluding carboxylic acids is 1. The number of rotatable bonds is 7. The Bertz CT molecular complexity index is 1720. The van der Waals surface area contributed by atoms with Crippen LogP contribution in [0.25, 0.3) is 10.9 Å². The maximum Gasteiger partial charge on any atom is 0.259 e. The van der Waals surface area contributed by atoms with Gasteiger partial charge in [-0.05, 0) is 68.9 Å². The molecule has 1 aromatic heterocycles. The van der Waals surface area contributed by atoms with E-state index in [9.17, 15) is 14.0 Å². The molecule has 0 spiro atoms. The van der Waals surface area contributed by atoms with Crippen molar-refractivity contribution < 1.29 is 13.9 Å². The third-order valence-electron chi connectivity index (χ3n) is 7.70. The van der Waals surface area contributed by atoms with Crippen LogP contribution in [0, 0.1) is 12.7 Å². The summed E-state index contributed by atoms with van der Waals surface area (Å²) in [6.45, 7) is 7.89. The second kappa shape index (κ2) is 12.3. The number of ether oxygens (including phenoxy) is 1. The molecule has 220 valence electrons. The molecule has 0 saturated carbocycles. The zero-order valence-electron chi connectivity index (χ0n) is 24.1. The molecule has 3 aromatic carbocycles. The molecule has 0 bridgehead atoms. The van der Waals surface area contributed by atoms with E-state index < -0.39 is 5.91 Å². The second-order valence-electron chi connectivity index (χ2n) is 10.7. The summed E-state index contributed by atoms with van der Waals surface area (Å²) in [4.78, 5) is 33.3. The van der Waals surface area contributed by atoms with Gasteiger partial charge in [0.15, 0.2) is 0 Å². The molecule has 10 heteroatoms. The number of piperazine rings is 1. The SMILES string of the molecule is CCn1cc(C(=O)N(C)Cc2ccc(Cl)cc2Oc2ccc(F)c(C)c2)c(=O)c2cc(Cl)c(N3CCN(C)CC3)cc21. The molecule has 1 aliphatic rings. The van der Waals surface area contributed by atoms with Gasteiger partial charge in [0.05, 0.1) is 16.2 Å². The van der Waals surface area contributed by atoms with Crippen LogP contribution in [0.1, 0.15) is 28.4 Å². The predicted octanol–water partition coefficient (Wildman–Crippen LogP) is 6.59. The van der Waals surface area contributed by atoms with Crippen molar-refractivity contribution in [3.63, 3.8) is 0 Å². The normalized spacial score (nSPS) is 13.9. The van der Waals surface area contributed by atoms with Crippen molar-refractivity contribution in [3.05, 3.63) is 97.5 Å². The summed E-state index contributed by atoms with van der Waals surface area (Å²) in [5.74, 6) is 0.117. The number of pyridine rings is 1. The van der Waals surface area contributed by atoms with Gasteiger partial charge < -0.3 is 24.0 Å². The first-order chi connectivity index (χ1) is 20.0. The largest absolute Gasteiger partial charge is 0.457 e. The van der Waals surface area contributed by atoms with E-state index in [4.69, 9.17) is 27.9 Å². The van der Waals surface area contributed by atoms with E-state index in [1.54, 1.807) is 50.5 Å². The van der Waals surface area contributed by atoms with Crippen molar-refractivity contribution >= 4 is 45.7 Å². The first-order valence-electron chi connectivity index (χ1n) is 13.8. The van der Waals surface area contributed by atoms with Crippen LogP contribution in [0.2, 0.25) is 10.0 Å². The van der Waals surface area contributed by atoms with Gasteiger partial charge in [-0.3, -0.25) is 9.59 Å². The van der Waals surface area contributed by atoms with E-state index in [1.165, 1.54) is 17.0 Å². The summed E-state index contributed by atoms with van der Waals surface area (Å²) in [6.07, 6.45) is 1.63. The molecule has 1 saturated heterocycles. The van der Waals surface area contributed by atoms with E-state index in [0.29, 0.717) is 44.6 Å². The monoisotopic (exact) mass is 610 g/mol. The van der Waals surface area contributed by atoms with Gasteiger partial charge >= 0.3 is 0 Å². The molecule has 0 unspecified atom stereocenters. The molecule has 0 aliphatic carbocycles. The van der Waals surface area contributed by atoms with E-state index in [0.717, 1.165) is 37.4 Å². The Labute approximate surface area is 254 Å². The second-order valence-corrected chi connectivity index (χ2v) is 11.5. The maximum atomic E-state index is 13.8. The van der Waals surface area contributed by atoms with Crippen molar-refractivity contribution in [3.8, 4) is 11.5 Å². The van der Waals surface area contributed by atoms with Gasteiger partial charge in [-0.15, -0.1) is 0 Å². The maximum absolute atomic E-state index is 13.8. The van der Waals surface area contributed by atoms with E-state index in [1.807, 2.05) is 17.6 Å². The Hall–Kier alpha value is -3.59. The molecule has 1 fully saturated rings. The summed E-state index contributed by atoms with van der Waals surface area (Å²) in [7, 11) is 3.73. The van der Waals surface area contributed by atoms with Gasteiger partial charge in [0.1, 0.15) is 22.9 Å². The molecule has 0 radical (unpaired) electrons. The number of nitrogens with zero attached hydrogens (tertiary/aromatic N) is 4. The lowest BCUT2D eigenvalue weighted by Crippen LogP contribution is -2.44. The van der Waals surface area contributed by atoms with E-state index >= 15 is 0 Å². The first kappa shape index (κ1) is 29.9. The highest BCUT2D eigenvalue weighted by Gasteiger charge is 2.23. The quantitative estimate of drug-likeness (QED) is 0.236. The number of fused-ring (bicyclic) bond motifs is 1. The Morgan fingerprint density at radius 3 is 2.48 bits per heavy atom. The van der Waals surface area contributed by atoms with Crippen LogP contribution >= 0.6 is 23.2 Å². The number of aromatic nitrogens is 1. The van der Waals surface area contributed by atoms with Crippen LogP contribution in [-0.4, -0.2) is 60.5 Å². The summed E-state index contributed by atoms with van der Waals surface area (Å²) < 4.78 is 21.7. The Kier molecular flexibility index (Phi) is 8.78. The van der Waals surface area contributed by atoms with Gasteiger partial charge in [-0.25, -0.2) is 4.39 Å². The number of likely N-dealkylation sites (N-methyl/N-ethyl adjacent to an activating group) is 1. The Morgan fingerprint density at radius 1 is 1.05 bits per heavy atom. The molecule has 42 heavy (non-hydrogen) atoms. The van der Waals surface area contributed by atoms with Crippen LogP contribution in [0.15, 0.2) is 59.5 Å². The van der Waals surface area contributed by atoms with Gasteiger partial charge in [-0.2, -0.15) is 0 Å². The standard InChI is InChI=1S/C32H33Cl2FN4O3/c1-5-38-19-25(31(40)24-16-26(34)29(17-28(24)38)39-12-10-36(3)11-13-39)32(41)37(4)18-21-6-7-22(33)15-30(21)42-23-8-9-27(35)20(2)14-23/h6-9,14-17,19H,5,10-13,18H2,1-4H3. The zero-order chi connectivity index (χ0) is 30.1. The number of hydrogen-bond acceptors (Lipinski definition) is 5. The minimum Gasteiger partial charge on any atom is -0.457 e. The van der Waals surface area contributed by atoms with Crippen LogP contribution in [0.3, 0.4) is 0 Å². The number of aryl methyl sites for hydroxylation is 2. The van der Waals surface area contributed by atoms with Gasteiger partial charge in [0, 0.05) is 68.5 Å². The van der Waals surface area contributed by atoms with Gasteiger partial charge in [-0.1, -0.05) is 29.3 Å². The molecule has 0 atom stereocenters. The predicted molar refractivity (Wildman–Crippen MR) is 167 cm³/mol. The lowest BCUT2D eigenvalue weighted by Gasteiger charge is -2.34. The van der Waals surface area contributed by atoms with E-state index in [-0.39, 0.29) is 23.4 Å². The minimum atomic E-state index is -0.429. The smallest absolute Gasteiger partial charge is 0.259 e. The van der Waals surface area contributed by atoms with Crippen LogP contribution in [0.5, 0.6) is 11.5 Å². The number of carbonyl (C=O) groups is 1. The molecule has 1 amide bonds. The van der Waals surface area contributed by atoms with Crippen LogP contribution in [0.4, 0.5) is 10.1 Å². The number of benzene rings is 3. The van der Waals surface area contributed by atoms with Crippen LogP contribution < -0.4 is 15.1 Å². The minimum absolute atomic E-state index is 0.0563. The fourth-order valence-electron chi connectivity index (χ4n) is 5.20. The molecule has 2 heterocycles.